The maximum Gasteiger partial charge on any atom is 0.0273 e. The topological polar surface area (TPSA) is 12.9 Å². The van der Waals surface area contributed by atoms with Gasteiger partial charge in [-0.25, -0.2) is 0 Å². The van der Waals surface area contributed by atoms with Crippen LogP contribution in [0.2, 0.25) is 0 Å². The van der Waals surface area contributed by atoms with Gasteiger partial charge in [0.1, 0.15) is 0 Å². The third-order valence-electron chi connectivity index (χ3n) is 2.91. The van der Waals surface area contributed by atoms with Gasteiger partial charge >= 0.3 is 0 Å². The van der Waals surface area contributed by atoms with Crippen LogP contribution in [0.5, 0.6) is 0 Å². The number of aryl methyl sites for hydroxylation is 1. The lowest BCUT2D eigenvalue weighted by Gasteiger charge is -2.10. The lowest BCUT2D eigenvalue weighted by atomic mass is 9.95. The predicted molar refractivity (Wildman–Crippen MR) is 68.5 cm³/mol. The number of rotatable bonds is 2. The molecular formula is C15H17N. The van der Waals surface area contributed by atoms with Crippen LogP contribution in [0, 0.1) is 6.92 Å². The van der Waals surface area contributed by atoms with Gasteiger partial charge in [-0.2, -0.15) is 0 Å². The summed E-state index contributed by atoms with van der Waals surface area (Å²) in [5, 5.41) is 0. The molecule has 2 aromatic rings. The second kappa shape index (κ2) is 4.48. The average molecular weight is 211 g/mol. The summed E-state index contributed by atoms with van der Waals surface area (Å²) in [6.45, 7) is 6.61. The second-order valence-electron chi connectivity index (χ2n) is 4.46. The Hall–Kier alpha value is -1.63. The second-order valence-corrected chi connectivity index (χ2v) is 4.46. The highest BCUT2D eigenvalue weighted by Crippen LogP contribution is 2.26. The van der Waals surface area contributed by atoms with E-state index in [-0.39, 0.29) is 0 Å². The van der Waals surface area contributed by atoms with Crippen molar-refractivity contribution in [1.29, 1.82) is 0 Å². The molecule has 82 valence electrons. The molecule has 1 nitrogen and oxygen atoms in total. The Morgan fingerprint density at radius 3 is 2.25 bits per heavy atom. The number of hydrogen-bond acceptors (Lipinski definition) is 1. The molecule has 0 spiro atoms. The molecule has 0 atom stereocenters. The van der Waals surface area contributed by atoms with E-state index >= 15 is 0 Å². The largest absolute Gasteiger partial charge is 0.265 e. The fourth-order valence-corrected chi connectivity index (χ4v) is 1.90. The molecule has 0 saturated heterocycles. The van der Waals surface area contributed by atoms with Crippen molar-refractivity contribution in [3.05, 3.63) is 53.9 Å². The zero-order valence-corrected chi connectivity index (χ0v) is 10.1. The lowest BCUT2D eigenvalue weighted by Crippen LogP contribution is -1.90. The average Bonchev–Trinajstić information content (AvgIpc) is 2.30. The highest BCUT2D eigenvalue weighted by molar-refractivity contribution is 5.67. The predicted octanol–water partition coefficient (Wildman–Crippen LogP) is 4.18. The molecular weight excluding hydrogens is 194 g/mol. The molecule has 1 aromatic heterocycles. The number of aromatic nitrogens is 1. The highest BCUT2D eigenvalue weighted by atomic mass is 14.6. The van der Waals surface area contributed by atoms with E-state index in [0.717, 1.165) is 0 Å². The Kier molecular flexibility index (Phi) is 3.04. The summed E-state index contributed by atoms with van der Waals surface area (Å²) in [4.78, 5) is 4.05. The molecule has 0 amide bonds. The van der Waals surface area contributed by atoms with Crippen molar-refractivity contribution in [3.63, 3.8) is 0 Å². The Morgan fingerprint density at radius 2 is 1.69 bits per heavy atom. The molecule has 1 heterocycles. The number of nitrogens with zero attached hydrogens (tertiary/aromatic N) is 1. The van der Waals surface area contributed by atoms with Gasteiger partial charge in [-0.1, -0.05) is 32.0 Å². The van der Waals surface area contributed by atoms with Crippen LogP contribution in [0.15, 0.2) is 42.7 Å². The van der Waals surface area contributed by atoms with Gasteiger partial charge in [-0.15, -0.1) is 0 Å². The van der Waals surface area contributed by atoms with Crippen molar-refractivity contribution in [2.24, 2.45) is 0 Å². The smallest absolute Gasteiger partial charge is 0.0273 e. The van der Waals surface area contributed by atoms with Crippen LogP contribution in [0.3, 0.4) is 0 Å². The highest BCUT2D eigenvalue weighted by Gasteiger charge is 2.04. The van der Waals surface area contributed by atoms with Gasteiger partial charge < -0.3 is 0 Å². The molecule has 0 radical (unpaired) electrons. The van der Waals surface area contributed by atoms with Crippen LogP contribution in [-0.2, 0) is 0 Å². The molecule has 0 fully saturated rings. The van der Waals surface area contributed by atoms with E-state index < -0.39 is 0 Å². The molecule has 1 heteroatoms. The first-order valence-electron chi connectivity index (χ1n) is 5.69. The molecule has 2 rings (SSSR count). The Balaban J connectivity index is 2.45. The minimum absolute atomic E-state index is 0.588. The summed E-state index contributed by atoms with van der Waals surface area (Å²) in [7, 11) is 0. The van der Waals surface area contributed by atoms with Gasteiger partial charge in [0.05, 0.1) is 0 Å². The fraction of sp³-hybridized carbons (Fsp3) is 0.267. The van der Waals surface area contributed by atoms with Gasteiger partial charge in [0.25, 0.3) is 0 Å². The lowest BCUT2D eigenvalue weighted by molar-refractivity contribution is 0.865. The maximum atomic E-state index is 4.05. The zero-order chi connectivity index (χ0) is 11.5. The number of benzene rings is 1. The minimum atomic E-state index is 0.588. The van der Waals surface area contributed by atoms with E-state index in [4.69, 9.17) is 0 Å². The first-order chi connectivity index (χ1) is 7.68. The van der Waals surface area contributed by atoms with Crippen molar-refractivity contribution >= 4 is 0 Å². The van der Waals surface area contributed by atoms with Crippen LogP contribution in [0.1, 0.15) is 30.9 Å². The van der Waals surface area contributed by atoms with E-state index in [1.165, 1.54) is 22.3 Å². The molecule has 1 aromatic carbocycles. The Labute approximate surface area is 97.2 Å². The molecule has 0 aliphatic rings. The minimum Gasteiger partial charge on any atom is -0.265 e. The molecule has 0 bridgehead atoms. The van der Waals surface area contributed by atoms with Gasteiger partial charge in [-0.3, -0.25) is 4.98 Å². The Morgan fingerprint density at radius 1 is 1.00 bits per heavy atom. The summed E-state index contributed by atoms with van der Waals surface area (Å²) >= 11 is 0. The van der Waals surface area contributed by atoms with Gasteiger partial charge in [-0.05, 0) is 47.2 Å². The summed E-state index contributed by atoms with van der Waals surface area (Å²) in [6.07, 6.45) is 3.68. The maximum absolute atomic E-state index is 4.05. The molecule has 0 unspecified atom stereocenters. The Bertz CT molecular complexity index is 472. The third kappa shape index (κ3) is 2.13. The van der Waals surface area contributed by atoms with Gasteiger partial charge in [0.2, 0.25) is 0 Å². The number of pyridine rings is 1. The third-order valence-corrected chi connectivity index (χ3v) is 2.91. The molecule has 0 aliphatic heterocycles. The standard InChI is InChI=1S/C15H17N/c1-11(2)14-4-5-15(12(3)10-14)13-6-8-16-9-7-13/h4-11H,1-3H3. The quantitative estimate of drug-likeness (QED) is 0.726. The van der Waals surface area contributed by atoms with Crippen LogP contribution < -0.4 is 0 Å². The summed E-state index contributed by atoms with van der Waals surface area (Å²) in [5.41, 5.74) is 5.27. The summed E-state index contributed by atoms with van der Waals surface area (Å²) in [6, 6.07) is 10.8. The van der Waals surface area contributed by atoms with Crippen LogP contribution in [-0.4, -0.2) is 4.98 Å². The monoisotopic (exact) mass is 211 g/mol. The van der Waals surface area contributed by atoms with E-state index in [0.29, 0.717) is 5.92 Å². The van der Waals surface area contributed by atoms with Crippen molar-refractivity contribution in [1.82, 2.24) is 4.98 Å². The van der Waals surface area contributed by atoms with Crippen molar-refractivity contribution in [2.75, 3.05) is 0 Å². The molecule has 0 aliphatic carbocycles. The first kappa shape index (κ1) is 10.9. The normalized spacial score (nSPS) is 10.8. The van der Waals surface area contributed by atoms with Crippen molar-refractivity contribution in [2.45, 2.75) is 26.7 Å². The molecule has 0 saturated carbocycles. The fourth-order valence-electron chi connectivity index (χ4n) is 1.90. The van der Waals surface area contributed by atoms with Crippen LogP contribution in [0.4, 0.5) is 0 Å². The van der Waals surface area contributed by atoms with E-state index in [1.807, 2.05) is 12.4 Å². The van der Waals surface area contributed by atoms with E-state index in [9.17, 15) is 0 Å². The zero-order valence-electron chi connectivity index (χ0n) is 10.1. The van der Waals surface area contributed by atoms with Crippen LogP contribution in [0.25, 0.3) is 11.1 Å². The molecule has 0 N–H and O–H groups in total. The van der Waals surface area contributed by atoms with Crippen molar-refractivity contribution in [3.8, 4) is 11.1 Å². The van der Waals surface area contributed by atoms with E-state index in [1.54, 1.807) is 0 Å². The SMILES string of the molecule is Cc1cc(C(C)C)ccc1-c1ccncc1. The summed E-state index contributed by atoms with van der Waals surface area (Å²) in [5.74, 6) is 0.588. The molecule has 16 heavy (non-hydrogen) atoms. The van der Waals surface area contributed by atoms with Crippen molar-refractivity contribution < 1.29 is 0 Å². The van der Waals surface area contributed by atoms with Gasteiger partial charge in [0.15, 0.2) is 0 Å². The van der Waals surface area contributed by atoms with E-state index in [2.05, 4.69) is 56.1 Å². The van der Waals surface area contributed by atoms with Gasteiger partial charge in [0, 0.05) is 12.4 Å². The summed E-state index contributed by atoms with van der Waals surface area (Å²) < 4.78 is 0. The first-order valence-corrected chi connectivity index (χ1v) is 5.69. The van der Waals surface area contributed by atoms with Crippen LogP contribution >= 0.6 is 0 Å². The number of hydrogen-bond donors (Lipinski definition) is 0.